The van der Waals surface area contributed by atoms with Crippen molar-refractivity contribution >= 4 is 28.6 Å². The number of nitrogens with zero attached hydrogens (tertiary/aromatic N) is 3. The Hall–Kier alpha value is -3.01. The molecule has 0 saturated carbocycles. The Balaban J connectivity index is 2.23. The minimum absolute atomic E-state index is 0.0361. The van der Waals surface area contributed by atoms with Crippen LogP contribution >= 0.6 is 11.6 Å². The van der Waals surface area contributed by atoms with Crippen LogP contribution in [0.1, 0.15) is 51.6 Å². The van der Waals surface area contributed by atoms with E-state index in [1.165, 1.54) is 18.3 Å². The second kappa shape index (κ2) is 8.02. The van der Waals surface area contributed by atoms with Gasteiger partial charge in [0, 0.05) is 11.6 Å². The Morgan fingerprint density at radius 3 is 2.57 bits per heavy atom. The maximum atomic E-state index is 13.6. The van der Waals surface area contributed by atoms with Crippen molar-refractivity contribution in [2.24, 2.45) is 0 Å². The Morgan fingerprint density at radius 1 is 1.30 bits per heavy atom. The predicted molar refractivity (Wildman–Crippen MR) is 107 cm³/mol. The number of aromatic nitrogens is 4. The normalized spacial score (nSPS) is 12.9. The average molecular weight is 440 g/mol. The van der Waals surface area contributed by atoms with Crippen LogP contribution in [0.2, 0.25) is 5.02 Å². The topological polar surface area (TPSA) is 102 Å². The maximum absolute atomic E-state index is 13.6. The molecule has 0 aliphatic rings. The molecule has 30 heavy (non-hydrogen) atoms. The fraction of sp³-hybridized carbons (Fsp3) is 0.368. The number of H-pyrrole nitrogens is 1. The zero-order chi connectivity index (χ0) is 22.2. The van der Waals surface area contributed by atoms with E-state index in [1.54, 1.807) is 27.7 Å². The average Bonchev–Trinajstić information content (AvgIpc) is 3.14. The first-order valence-corrected chi connectivity index (χ1v) is 9.40. The van der Waals surface area contributed by atoms with Crippen LogP contribution in [-0.4, -0.2) is 31.4 Å². The van der Waals surface area contributed by atoms with Gasteiger partial charge in [-0.15, -0.1) is 0 Å². The summed E-state index contributed by atoms with van der Waals surface area (Å²) in [5.41, 5.74) is -2.07. The summed E-state index contributed by atoms with van der Waals surface area (Å²) >= 11 is 6.16. The molecule has 0 saturated heterocycles. The smallest absolute Gasteiger partial charge is 0.408 e. The van der Waals surface area contributed by atoms with Gasteiger partial charge in [-0.2, -0.15) is 5.10 Å². The first kappa shape index (κ1) is 21.7. The zero-order valence-corrected chi connectivity index (χ0v) is 17.4. The number of nitrogens with one attached hydrogen (secondary N) is 2. The summed E-state index contributed by atoms with van der Waals surface area (Å²) in [6, 6.07) is 3.00. The van der Waals surface area contributed by atoms with Crippen LogP contribution in [0.3, 0.4) is 0 Å². The number of hydrogen-bond acceptors (Lipinski definition) is 5. The molecule has 1 amide bonds. The van der Waals surface area contributed by atoms with Gasteiger partial charge in [0.15, 0.2) is 0 Å². The number of amides is 1. The fourth-order valence-corrected chi connectivity index (χ4v) is 3.12. The number of fused-ring (bicyclic) bond motifs is 1. The lowest BCUT2D eigenvalue weighted by molar-refractivity contribution is 0.0505. The molecular formula is C19H20ClF2N5O3. The highest BCUT2D eigenvalue weighted by molar-refractivity contribution is 6.35. The molecule has 1 aromatic carbocycles. The Kier molecular flexibility index (Phi) is 5.80. The minimum Gasteiger partial charge on any atom is -0.444 e. The van der Waals surface area contributed by atoms with Gasteiger partial charge in [0.1, 0.15) is 17.2 Å². The Labute approximate surface area is 175 Å². The third kappa shape index (κ3) is 4.28. The molecule has 0 aliphatic heterocycles. The molecule has 0 bridgehead atoms. The molecule has 0 radical (unpaired) electrons. The number of aromatic amines is 1. The molecule has 3 rings (SSSR count). The SMILES string of the molecule is C[C@H](NC(=O)OC(C)(C)C)c1nc2c(Cl)ccc(C(F)F)c2c(=O)n1-c1ccn[nH]1. The van der Waals surface area contributed by atoms with Crippen LogP contribution in [0.25, 0.3) is 16.7 Å². The summed E-state index contributed by atoms with van der Waals surface area (Å²) in [5, 5.41) is 8.75. The number of benzene rings is 1. The van der Waals surface area contributed by atoms with E-state index in [-0.39, 0.29) is 27.6 Å². The molecule has 1 atom stereocenters. The number of carbonyl (C=O) groups is 1. The number of carbonyl (C=O) groups excluding carboxylic acids is 1. The number of halogens is 3. The molecule has 2 N–H and O–H groups in total. The van der Waals surface area contributed by atoms with E-state index < -0.39 is 35.3 Å². The third-order valence-electron chi connectivity index (χ3n) is 4.12. The molecule has 160 valence electrons. The highest BCUT2D eigenvalue weighted by atomic mass is 35.5. The molecule has 2 aromatic heterocycles. The minimum atomic E-state index is -2.90. The maximum Gasteiger partial charge on any atom is 0.408 e. The fourth-order valence-electron chi connectivity index (χ4n) is 2.92. The summed E-state index contributed by atoms with van der Waals surface area (Å²) in [6.07, 6.45) is -2.24. The molecule has 2 heterocycles. The van der Waals surface area contributed by atoms with Gasteiger partial charge < -0.3 is 10.1 Å². The second-order valence-electron chi connectivity index (χ2n) is 7.58. The monoisotopic (exact) mass is 439 g/mol. The third-order valence-corrected chi connectivity index (χ3v) is 4.42. The van der Waals surface area contributed by atoms with E-state index in [1.807, 2.05) is 0 Å². The van der Waals surface area contributed by atoms with Crippen LogP contribution in [0.5, 0.6) is 0 Å². The van der Waals surface area contributed by atoms with Crippen molar-refractivity contribution in [1.29, 1.82) is 0 Å². The van der Waals surface area contributed by atoms with Gasteiger partial charge in [0.25, 0.3) is 12.0 Å². The first-order chi connectivity index (χ1) is 14.0. The van der Waals surface area contributed by atoms with Crippen LogP contribution < -0.4 is 10.9 Å². The van der Waals surface area contributed by atoms with Crippen molar-refractivity contribution in [3.05, 3.63) is 51.2 Å². The molecule has 0 fully saturated rings. The zero-order valence-electron chi connectivity index (χ0n) is 16.7. The number of alkyl carbamates (subject to hydrolysis) is 1. The van der Waals surface area contributed by atoms with Gasteiger partial charge in [0.2, 0.25) is 0 Å². The summed E-state index contributed by atoms with van der Waals surface area (Å²) in [4.78, 5) is 29.9. The molecule has 0 unspecified atom stereocenters. The number of ether oxygens (including phenoxy) is 1. The summed E-state index contributed by atoms with van der Waals surface area (Å²) < 4.78 is 33.4. The molecule has 0 spiro atoms. The molecule has 0 aliphatic carbocycles. The van der Waals surface area contributed by atoms with Gasteiger partial charge in [-0.05, 0) is 33.8 Å². The molecule has 11 heteroatoms. The van der Waals surface area contributed by atoms with E-state index in [9.17, 15) is 18.4 Å². The molecule has 8 nitrogen and oxygen atoms in total. The van der Waals surface area contributed by atoms with E-state index in [0.29, 0.717) is 0 Å². The lowest BCUT2D eigenvalue weighted by Gasteiger charge is -2.23. The van der Waals surface area contributed by atoms with Crippen LogP contribution in [0.15, 0.2) is 29.2 Å². The van der Waals surface area contributed by atoms with Gasteiger partial charge in [-0.1, -0.05) is 17.7 Å². The van der Waals surface area contributed by atoms with Gasteiger partial charge in [-0.25, -0.2) is 23.1 Å². The predicted octanol–water partition coefficient (Wildman–Crippen LogP) is 4.29. The number of rotatable bonds is 4. The van der Waals surface area contributed by atoms with Gasteiger partial charge in [0.05, 0.1) is 28.2 Å². The van der Waals surface area contributed by atoms with E-state index >= 15 is 0 Å². The molecular weight excluding hydrogens is 420 g/mol. The quantitative estimate of drug-likeness (QED) is 0.631. The van der Waals surface area contributed by atoms with Crippen LogP contribution in [0.4, 0.5) is 13.6 Å². The van der Waals surface area contributed by atoms with Crippen molar-refractivity contribution in [3.8, 4) is 5.82 Å². The summed E-state index contributed by atoms with van der Waals surface area (Å²) in [7, 11) is 0. The first-order valence-electron chi connectivity index (χ1n) is 9.02. The highest BCUT2D eigenvalue weighted by Gasteiger charge is 2.26. The van der Waals surface area contributed by atoms with Crippen molar-refractivity contribution in [3.63, 3.8) is 0 Å². The Bertz CT molecular complexity index is 1140. The summed E-state index contributed by atoms with van der Waals surface area (Å²) in [5.74, 6) is 0.262. The van der Waals surface area contributed by atoms with Crippen molar-refractivity contribution in [1.82, 2.24) is 25.1 Å². The van der Waals surface area contributed by atoms with Crippen LogP contribution in [0, 0.1) is 0 Å². The van der Waals surface area contributed by atoms with Crippen molar-refractivity contribution in [2.75, 3.05) is 0 Å². The van der Waals surface area contributed by atoms with Crippen molar-refractivity contribution < 1.29 is 18.3 Å². The number of hydrogen-bond donors (Lipinski definition) is 2. The summed E-state index contributed by atoms with van der Waals surface area (Å²) in [6.45, 7) is 6.70. The van der Waals surface area contributed by atoms with E-state index in [0.717, 1.165) is 10.6 Å². The van der Waals surface area contributed by atoms with E-state index in [2.05, 4.69) is 20.5 Å². The highest BCUT2D eigenvalue weighted by Crippen LogP contribution is 2.30. The largest absolute Gasteiger partial charge is 0.444 e. The lowest BCUT2D eigenvalue weighted by atomic mass is 10.1. The Morgan fingerprint density at radius 2 is 2.00 bits per heavy atom. The standard InChI is InChI=1S/C19H20ClF2N5O3/c1-9(24-18(29)30-19(2,3)4)16-25-14-11(20)6-5-10(15(21)22)13(14)17(28)27(16)12-7-8-23-26-12/h5-9,15H,1-4H3,(H,23,26)(H,24,29)/t9-/m0/s1. The van der Waals surface area contributed by atoms with Crippen LogP contribution in [-0.2, 0) is 4.74 Å². The van der Waals surface area contributed by atoms with E-state index in [4.69, 9.17) is 16.3 Å². The molecule has 3 aromatic rings. The number of alkyl halides is 2. The van der Waals surface area contributed by atoms with Gasteiger partial charge >= 0.3 is 6.09 Å². The second-order valence-corrected chi connectivity index (χ2v) is 7.99. The lowest BCUT2D eigenvalue weighted by Crippen LogP contribution is -2.37. The van der Waals surface area contributed by atoms with Crippen molar-refractivity contribution in [2.45, 2.75) is 45.8 Å². The van der Waals surface area contributed by atoms with Gasteiger partial charge in [-0.3, -0.25) is 9.89 Å².